The van der Waals surface area contributed by atoms with Gasteiger partial charge in [-0.15, -0.1) is 0 Å². The number of anilines is 1. The third-order valence-electron chi connectivity index (χ3n) is 2.07. The summed E-state index contributed by atoms with van der Waals surface area (Å²) < 4.78 is 0. The molecule has 3 nitrogen and oxygen atoms in total. The van der Waals surface area contributed by atoms with E-state index in [4.69, 9.17) is 0 Å². The van der Waals surface area contributed by atoms with E-state index in [0.717, 1.165) is 11.1 Å². The van der Waals surface area contributed by atoms with E-state index >= 15 is 0 Å². The summed E-state index contributed by atoms with van der Waals surface area (Å²) in [5, 5.41) is 2.73. The number of carbonyl (C=O) groups excluding carboxylic acids is 1. The number of aromatic nitrogens is 1. The predicted octanol–water partition coefficient (Wildman–Crippen LogP) is 2.07. The molecular formula is C11H12N2O. The Bertz CT molecular complexity index is 408. The van der Waals surface area contributed by atoms with Gasteiger partial charge in [0.2, 0.25) is 0 Å². The smallest absolute Gasteiger partial charge is 0.257 e. The zero-order chi connectivity index (χ0) is 10.1. The third-order valence-corrected chi connectivity index (χ3v) is 2.07. The molecule has 2 rings (SSSR count). The number of nitrogens with zero attached hydrogens (tertiary/aromatic N) is 1. The molecular weight excluding hydrogens is 176 g/mol. The van der Waals surface area contributed by atoms with Crippen LogP contribution in [0, 0.1) is 5.92 Å². The number of fused-ring (bicyclic) bond motifs is 1. The van der Waals surface area contributed by atoms with Crippen molar-refractivity contribution < 1.29 is 4.79 Å². The number of hydrogen-bond acceptors (Lipinski definition) is 2. The highest BCUT2D eigenvalue weighted by molar-refractivity contribution is 6.30. The van der Waals surface area contributed by atoms with E-state index in [1.54, 1.807) is 6.20 Å². The van der Waals surface area contributed by atoms with Crippen LogP contribution in [0.25, 0.3) is 5.57 Å². The second-order valence-corrected chi connectivity index (χ2v) is 3.68. The SMILES string of the molecule is CC(C)C=C1C(=O)Nc2ncccc21. The van der Waals surface area contributed by atoms with Crippen LogP contribution < -0.4 is 5.32 Å². The molecule has 0 aromatic carbocycles. The molecule has 3 heteroatoms. The first-order chi connectivity index (χ1) is 6.68. The van der Waals surface area contributed by atoms with Gasteiger partial charge in [-0.3, -0.25) is 4.79 Å². The minimum atomic E-state index is -0.0487. The topological polar surface area (TPSA) is 42.0 Å². The lowest BCUT2D eigenvalue weighted by Crippen LogP contribution is -2.04. The largest absolute Gasteiger partial charge is 0.306 e. The number of allylic oxidation sites excluding steroid dienone is 1. The van der Waals surface area contributed by atoms with Crippen LogP contribution in [0.3, 0.4) is 0 Å². The van der Waals surface area contributed by atoms with Crippen LogP contribution in [0.5, 0.6) is 0 Å². The summed E-state index contributed by atoms with van der Waals surface area (Å²) in [5.41, 5.74) is 1.65. The summed E-state index contributed by atoms with van der Waals surface area (Å²) in [6, 6.07) is 3.75. The predicted molar refractivity (Wildman–Crippen MR) is 55.7 cm³/mol. The quantitative estimate of drug-likeness (QED) is 0.685. The van der Waals surface area contributed by atoms with Gasteiger partial charge < -0.3 is 5.32 Å². The van der Waals surface area contributed by atoms with Crippen molar-refractivity contribution in [1.29, 1.82) is 0 Å². The maximum Gasteiger partial charge on any atom is 0.257 e. The summed E-state index contributed by atoms with van der Waals surface area (Å²) in [5.74, 6) is 0.985. The molecule has 0 radical (unpaired) electrons. The first-order valence-corrected chi connectivity index (χ1v) is 4.67. The van der Waals surface area contributed by atoms with Crippen molar-refractivity contribution in [3.05, 3.63) is 30.0 Å². The Kier molecular flexibility index (Phi) is 2.08. The first-order valence-electron chi connectivity index (χ1n) is 4.67. The molecule has 2 heterocycles. The third kappa shape index (κ3) is 1.41. The Hall–Kier alpha value is -1.64. The highest BCUT2D eigenvalue weighted by atomic mass is 16.2. The van der Waals surface area contributed by atoms with Gasteiger partial charge in [-0.05, 0) is 18.1 Å². The second kappa shape index (κ2) is 3.25. The zero-order valence-corrected chi connectivity index (χ0v) is 8.24. The minimum absolute atomic E-state index is 0.0487. The average Bonchev–Trinajstić information content (AvgIpc) is 2.43. The van der Waals surface area contributed by atoms with Crippen LogP contribution in [0.15, 0.2) is 24.4 Å². The molecule has 1 amide bonds. The maximum absolute atomic E-state index is 11.5. The fraction of sp³-hybridized carbons (Fsp3) is 0.273. The molecule has 0 bridgehead atoms. The van der Waals surface area contributed by atoms with Crippen molar-refractivity contribution in [2.45, 2.75) is 13.8 Å². The molecule has 0 saturated heterocycles. The number of nitrogens with one attached hydrogen (secondary N) is 1. The molecule has 0 fully saturated rings. The Morgan fingerprint density at radius 2 is 2.29 bits per heavy atom. The van der Waals surface area contributed by atoms with Crippen molar-refractivity contribution in [2.75, 3.05) is 5.32 Å². The van der Waals surface area contributed by atoms with Crippen molar-refractivity contribution in [1.82, 2.24) is 4.98 Å². The Balaban J connectivity index is 2.50. The Morgan fingerprint density at radius 3 is 3.00 bits per heavy atom. The summed E-state index contributed by atoms with van der Waals surface area (Å²) in [4.78, 5) is 15.6. The molecule has 0 spiro atoms. The van der Waals surface area contributed by atoms with Gasteiger partial charge in [-0.25, -0.2) is 4.98 Å². The standard InChI is InChI=1S/C11H12N2O/c1-7(2)6-9-8-4-3-5-12-10(8)13-11(9)14/h3-7H,1-2H3,(H,12,13,14). The van der Waals surface area contributed by atoms with Gasteiger partial charge in [0.25, 0.3) is 5.91 Å². The fourth-order valence-electron chi connectivity index (χ4n) is 1.52. The number of hydrogen-bond donors (Lipinski definition) is 1. The van der Waals surface area contributed by atoms with E-state index < -0.39 is 0 Å². The van der Waals surface area contributed by atoms with Gasteiger partial charge in [0, 0.05) is 17.3 Å². The van der Waals surface area contributed by atoms with Crippen LogP contribution >= 0.6 is 0 Å². The van der Waals surface area contributed by atoms with E-state index in [2.05, 4.69) is 24.1 Å². The maximum atomic E-state index is 11.5. The highest BCUT2D eigenvalue weighted by Crippen LogP contribution is 2.29. The van der Waals surface area contributed by atoms with Crippen LogP contribution in [0.4, 0.5) is 5.82 Å². The van der Waals surface area contributed by atoms with Gasteiger partial charge >= 0.3 is 0 Å². The van der Waals surface area contributed by atoms with E-state index in [0.29, 0.717) is 11.7 Å². The Morgan fingerprint density at radius 1 is 1.50 bits per heavy atom. The van der Waals surface area contributed by atoms with Crippen LogP contribution in [-0.4, -0.2) is 10.9 Å². The first kappa shape index (κ1) is 8.94. The Labute approximate surface area is 82.9 Å². The molecule has 1 aliphatic rings. The molecule has 0 aliphatic carbocycles. The van der Waals surface area contributed by atoms with E-state index in [1.165, 1.54) is 0 Å². The lowest BCUT2D eigenvalue weighted by Gasteiger charge is -1.98. The molecule has 0 atom stereocenters. The van der Waals surface area contributed by atoms with E-state index in [1.807, 2.05) is 18.2 Å². The van der Waals surface area contributed by atoms with Crippen molar-refractivity contribution in [3.63, 3.8) is 0 Å². The lowest BCUT2D eigenvalue weighted by molar-refractivity contribution is -0.110. The summed E-state index contributed by atoms with van der Waals surface area (Å²) >= 11 is 0. The molecule has 72 valence electrons. The molecule has 14 heavy (non-hydrogen) atoms. The van der Waals surface area contributed by atoms with Gasteiger partial charge in [0.15, 0.2) is 0 Å². The summed E-state index contributed by atoms with van der Waals surface area (Å²) in [6.45, 7) is 4.10. The normalized spacial score (nSPS) is 17.4. The number of pyridine rings is 1. The molecule has 0 saturated carbocycles. The van der Waals surface area contributed by atoms with E-state index in [-0.39, 0.29) is 5.91 Å². The van der Waals surface area contributed by atoms with E-state index in [9.17, 15) is 4.79 Å². The molecule has 1 N–H and O–H groups in total. The van der Waals surface area contributed by atoms with Gasteiger partial charge in [-0.2, -0.15) is 0 Å². The van der Waals surface area contributed by atoms with Crippen molar-refractivity contribution >= 4 is 17.3 Å². The van der Waals surface area contributed by atoms with Gasteiger partial charge in [-0.1, -0.05) is 19.9 Å². The number of carbonyl (C=O) groups is 1. The zero-order valence-electron chi connectivity index (χ0n) is 8.24. The summed E-state index contributed by atoms with van der Waals surface area (Å²) in [6.07, 6.45) is 3.64. The second-order valence-electron chi connectivity index (χ2n) is 3.68. The fourth-order valence-corrected chi connectivity index (χ4v) is 1.52. The molecule has 0 unspecified atom stereocenters. The molecule has 1 aromatic rings. The molecule has 1 aliphatic heterocycles. The van der Waals surface area contributed by atoms with Crippen LogP contribution in [-0.2, 0) is 4.79 Å². The minimum Gasteiger partial charge on any atom is -0.306 e. The van der Waals surface area contributed by atoms with Gasteiger partial charge in [0.05, 0.1) is 0 Å². The summed E-state index contributed by atoms with van der Waals surface area (Å²) in [7, 11) is 0. The average molecular weight is 188 g/mol. The van der Waals surface area contributed by atoms with Gasteiger partial charge in [0.1, 0.15) is 5.82 Å². The number of rotatable bonds is 1. The molecule has 1 aromatic heterocycles. The van der Waals surface area contributed by atoms with Crippen LogP contribution in [0.2, 0.25) is 0 Å². The number of amides is 1. The monoisotopic (exact) mass is 188 g/mol. The van der Waals surface area contributed by atoms with Crippen molar-refractivity contribution in [3.8, 4) is 0 Å². The highest BCUT2D eigenvalue weighted by Gasteiger charge is 2.24. The lowest BCUT2D eigenvalue weighted by atomic mass is 10.0. The van der Waals surface area contributed by atoms with Crippen molar-refractivity contribution in [2.24, 2.45) is 5.92 Å². The van der Waals surface area contributed by atoms with Crippen LogP contribution in [0.1, 0.15) is 19.4 Å².